The fourth-order valence-corrected chi connectivity index (χ4v) is 3.30. The van der Waals surface area contributed by atoms with Gasteiger partial charge in [-0.15, -0.1) is 0 Å². The zero-order chi connectivity index (χ0) is 12.1. The monoisotopic (exact) mass is 245 g/mol. The Morgan fingerprint density at radius 3 is 2.41 bits per heavy atom. The van der Waals surface area contributed by atoms with Crippen molar-refractivity contribution in [1.82, 2.24) is 5.32 Å². The van der Waals surface area contributed by atoms with Crippen LogP contribution < -0.4 is 5.32 Å². The van der Waals surface area contributed by atoms with Gasteiger partial charge in [-0.3, -0.25) is 0 Å². The second kappa shape index (κ2) is 6.12. The lowest BCUT2D eigenvalue weighted by Crippen LogP contribution is -2.25. The van der Waals surface area contributed by atoms with Crippen LogP contribution in [0.25, 0.3) is 0 Å². The van der Waals surface area contributed by atoms with Crippen LogP contribution in [0.2, 0.25) is 0 Å². The summed E-state index contributed by atoms with van der Waals surface area (Å²) in [5, 5.41) is 3.38. The molecule has 2 aliphatic rings. The van der Waals surface area contributed by atoms with Crippen molar-refractivity contribution in [3.63, 3.8) is 0 Å². The van der Waals surface area contributed by atoms with Crippen LogP contribution in [-0.2, 0) is 0 Å². The van der Waals surface area contributed by atoms with E-state index < -0.39 is 5.92 Å². The van der Waals surface area contributed by atoms with Gasteiger partial charge >= 0.3 is 0 Å². The highest BCUT2D eigenvalue weighted by molar-refractivity contribution is 4.82. The largest absolute Gasteiger partial charge is 0.316 e. The third-order valence-electron chi connectivity index (χ3n) is 4.39. The van der Waals surface area contributed by atoms with E-state index in [-0.39, 0.29) is 18.8 Å². The van der Waals surface area contributed by atoms with Gasteiger partial charge in [0, 0.05) is 12.8 Å². The van der Waals surface area contributed by atoms with Crippen molar-refractivity contribution in [2.24, 2.45) is 11.8 Å². The molecule has 0 bridgehead atoms. The fraction of sp³-hybridized carbons (Fsp3) is 1.00. The number of halogens is 2. The van der Waals surface area contributed by atoms with Gasteiger partial charge in [-0.25, -0.2) is 8.78 Å². The summed E-state index contributed by atoms with van der Waals surface area (Å²) in [6, 6.07) is 0. The van der Waals surface area contributed by atoms with Crippen LogP contribution in [0.15, 0.2) is 0 Å². The van der Waals surface area contributed by atoms with Crippen LogP contribution in [0.5, 0.6) is 0 Å². The van der Waals surface area contributed by atoms with Gasteiger partial charge < -0.3 is 5.32 Å². The zero-order valence-electron chi connectivity index (χ0n) is 10.7. The highest BCUT2D eigenvalue weighted by Gasteiger charge is 2.38. The maximum absolute atomic E-state index is 13.0. The molecule has 17 heavy (non-hydrogen) atoms. The number of hydrogen-bond acceptors (Lipinski definition) is 1. The van der Waals surface area contributed by atoms with E-state index in [9.17, 15) is 8.78 Å². The van der Waals surface area contributed by atoms with Crippen LogP contribution in [0.4, 0.5) is 8.78 Å². The van der Waals surface area contributed by atoms with Crippen molar-refractivity contribution >= 4 is 0 Å². The number of rotatable bonds is 5. The Bertz CT molecular complexity index is 224. The van der Waals surface area contributed by atoms with E-state index in [0.29, 0.717) is 6.42 Å². The molecule has 0 radical (unpaired) electrons. The summed E-state index contributed by atoms with van der Waals surface area (Å²) in [4.78, 5) is 0. The van der Waals surface area contributed by atoms with E-state index in [1.807, 2.05) is 0 Å². The first-order valence-electron chi connectivity index (χ1n) is 7.24. The summed E-state index contributed by atoms with van der Waals surface area (Å²) in [5.41, 5.74) is 0. The van der Waals surface area contributed by atoms with Crippen molar-refractivity contribution in [2.75, 3.05) is 13.1 Å². The molecule has 100 valence electrons. The minimum Gasteiger partial charge on any atom is -0.316 e. The van der Waals surface area contributed by atoms with Crippen molar-refractivity contribution in [1.29, 1.82) is 0 Å². The average molecular weight is 245 g/mol. The molecule has 0 amide bonds. The van der Waals surface area contributed by atoms with Gasteiger partial charge in [-0.05, 0) is 37.8 Å². The van der Waals surface area contributed by atoms with E-state index in [2.05, 4.69) is 5.32 Å². The molecule has 0 aromatic rings. The van der Waals surface area contributed by atoms with E-state index in [0.717, 1.165) is 19.0 Å². The maximum atomic E-state index is 13.0. The Hall–Kier alpha value is -0.180. The van der Waals surface area contributed by atoms with E-state index >= 15 is 0 Å². The molecule has 2 rings (SSSR count). The summed E-state index contributed by atoms with van der Waals surface area (Å²) in [6.07, 6.45) is 9.07. The Labute approximate surface area is 103 Å². The van der Waals surface area contributed by atoms with Crippen LogP contribution in [0.1, 0.15) is 57.8 Å². The maximum Gasteiger partial charge on any atom is 0.248 e. The van der Waals surface area contributed by atoms with Crippen LogP contribution in [0, 0.1) is 11.8 Å². The van der Waals surface area contributed by atoms with Gasteiger partial charge in [0.15, 0.2) is 0 Å². The second-order valence-corrected chi connectivity index (χ2v) is 5.96. The quantitative estimate of drug-likeness (QED) is 0.722. The SMILES string of the molecule is FC1(F)CCC(CNCCC2CCCCC2)C1. The van der Waals surface area contributed by atoms with Crippen LogP contribution in [0.3, 0.4) is 0 Å². The smallest absolute Gasteiger partial charge is 0.248 e. The molecule has 0 aliphatic heterocycles. The van der Waals surface area contributed by atoms with Gasteiger partial charge in [0.05, 0.1) is 0 Å². The molecule has 1 nitrogen and oxygen atoms in total. The summed E-state index contributed by atoms with van der Waals surface area (Å²) in [6.45, 7) is 1.81. The predicted octanol–water partition coefficient (Wildman–Crippen LogP) is 3.98. The minimum atomic E-state index is -2.38. The van der Waals surface area contributed by atoms with Gasteiger partial charge in [-0.2, -0.15) is 0 Å². The molecule has 0 saturated heterocycles. The van der Waals surface area contributed by atoms with E-state index in [1.165, 1.54) is 38.5 Å². The molecule has 1 atom stereocenters. The van der Waals surface area contributed by atoms with E-state index in [1.54, 1.807) is 0 Å². The molecule has 2 saturated carbocycles. The van der Waals surface area contributed by atoms with Crippen molar-refractivity contribution in [3.8, 4) is 0 Å². The lowest BCUT2D eigenvalue weighted by Gasteiger charge is -2.21. The van der Waals surface area contributed by atoms with Crippen molar-refractivity contribution in [3.05, 3.63) is 0 Å². The average Bonchev–Trinajstić information content (AvgIpc) is 2.66. The summed E-state index contributed by atoms with van der Waals surface area (Å²) in [7, 11) is 0. The zero-order valence-corrected chi connectivity index (χ0v) is 10.7. The second-order valence-electron chi connectivity index (χ2n) is 5.96. The van der Waals surface area contributed by atoms with Crippen LogP contribution in [-0.4, -0.2) is 19.0 Å². The summed E-state index contributed by atoms with van der Waals surface area (Å²) in [5.74, 6) is -1.28. The number of nitrogens with one attached hydrogen (secondary N) is 1. The molecule has 0 heterocycles. The van der Waals surface area contributed by atoms with E-state index in [4.69, 9.17) is 0 Å². The molecule has 1 N–H and O–H groups in total. The van der Waals surface area contributed by atoms with Crippen molar-refractivity contribution < 1.29 is 8.78 Å². The minimum absolute atomic E-state index is 0.0992. The first-order valence-corrected chi connectivity index (χ1v) is 7.24. The Balaban J connectivity index is 1.51. The number of alkyl halides is 2. The number of hydrogen-bond donors (Lipinski definition) is 1. The Morgan fingerprint density at radius 2 is 1.76 bits per heavy atom. The third-order valence-corrected chi connectivity index (χ3v) is 4.39. The molecule has 2 aliphatic carbocycles. The van der Waals surface area contributed by atoms with Gasteiger partial charge in [0.2, 0.25) is 5.92 Å². The van der Waals surface area contributed by atoms with Crippen LogP contribution >= 0.6 is 0 Å². The predicted molar refractivity (Wildman–Crippen MR) is 66.3 cm³/mol. The lowest BCUT2D eigenvalue weighted by molar-refractivity contribution is 0.00508. The molecule has 0 aromatic heterocycles. The first kappa shape index (κ1) is 13.3. The lowest BCUT2D eigenvalue weighted by atomic mass is 9.87. The van der Waals surface area contributed by atoms with Crippen molar-refractivity contribution in [2.45, 2.75) is 63.7 Å². The standard InChI is InChI=1S/C14H25F2N/c15-14(16)8-6-13(10-14)11-17-9-7-12-4-2-1-3-5-12/h12-13,17H,1-11H2. The highest BCUT2D eigenvalue weighted by Crippen LogP contribution is 2.38. The highest BCUT2D eigenvalue weighted by atomic mass is 19.3. The molecular formula is C14H25F2N. The molecule has 0 aromatic carbocycles. The normalized spacial score (nSPS) is 29.6. The van der Waals surface area contributed by atoms with Gasteiger partial charge in [0.25, 0.3) is 0 Å². The molecule has 3 heteroatoms. The summed E-state index contributed by atoms with van der Waals surface area (Å²) < 4.78 is 25.9. The molecule has 2 fully saturated rings. The Morgan fingerprint density at radius 1 is 1.00 bits per heavy atom. The van der Waals surface area contributed by atoms with Gasteiger partial charge in [-0.1, -0.05) is 32.1 Å². The topological polar surface area (TPSA) is 12.0 Å². The fourth-order valence-electron chi connectivity index (χ4n) is 3.30. The molecule has 0 spiro atoms. The summed E-state index contributed by atoms with van der Waals surface area (Å²) >= 11 is 0. The Kier molecular flexibility index (Phi) is 4.78. The molecule has 1 unspecified atom stereocenters. The first-order chi connectivity index (χ1) is 8.16. The third kappa shape index (κ3) is 4.53. The van der Waals surface area contributed by atoms with Gasteiger partial charge in [0.1, 0.15) is 0 Å². The molecular weight excluding hydrogens is 220 g/mol.